The Morgan fingerprint density at radius 2 is 1.70 bits per heavy atom. The van der Waals surface area contributed by atoms with Crippen molar-refractivity contribution in [3.8, 4) is 5.69 Å². The highest BCUT2D eigenvalue weighted by Crippen LogP contribution is 2.31. The molecule has 0 amide bonds. The van der Waals surface area contributed by atoms with Gasteiger partial charge in [0, 0.05) is 5.57 Å². The maximum atomic E-state index is 13.4. The molecule has 158 valence electrons. The highest BCUT2D eigenvalue weighted by atomic mass is 19.2. The Morgan fingerprint density at radius 1 is 1.03 bits per heavy atom. The fourth-order valence-corrected chi connectivity index (χ4v) is 2.52. The van der Waals surface area contributed by atoms with Gasteiger partial charge in [-0.1, -0.05) is 18.2 Å². The first-order valence-corrected chi connectivity index (χ1v) is 8.24. The molecule has 30 heavy (non-hydrogen) atoms. The maximum Gasteiger partial charge on any atom is 0.354 e. The van der Waals surface area contributed by atoms with E-state index in [0.29, 0.717) is 10.7 Å². The van der Waals surface area contributed by atoms with Crippen LogP contribution in [0.15, 0.2) is 48.2 Å². The van der Waals surface area contributed by atoms with E-state index in [0.717, 1.165) is 18.3 Å². The summed E-state index contributed by atoms with van der Waals surface area (Å²) in [4.78, 5) is 32.1. The van der Waals surface area contributed by atoms with Crippen LogP contribution in [0.25, 0.3) is 5.69 Å². The molecule has 1 unspecified atom stereocenters. The first-order valence-electron chi connectivity index (χ1n) is 8.24. The second-order valence-electron chi connectivity index (χ2n) is 6.38. The summed E-state index contributed by atoms with van der Waals surface area (Å²) in [6.45, 7) is 1.50. The van der Waals surface area contributed by atoms with Crippen molar-refractivity contribution in [2.75, 3.05) is 0 Å². The molecule has 2 aromatic rings. The predicted molar refractivity (Wildman–Crippen MR) is 95.6 cm³/mol. The molecule has 0 saturated carbocycles. The van der Waals surface area contributed by atoms with E-state index in [9.17, 15) is 27.6 Å². The van der Waals surface area contributed by atoms with E-state index < -0.39 is 46.5 Å². The van der Waals surface area contributed by atoms with E-state index in [1.807, 2.05) is 0 Å². The molecule has 8 nitrogen and oxygen atoms in total. The first-order chi connectivity index (χ1) is 14.0. The number of nitrogens with zero attached hydrogens (tertiary/aromatic N) is 2. The van der Waals surface area contributed by atoms with Gasteiger partial charge < -0.3 is 15.3 Å². The van der Waals surface area contributed by atoms with Crippen molar-refractivity contribution >= 4 is 17.9 Å². The molecule has 3 N–H and O–H groups in total. The lowest BCUT2D eigenvalue weighted by Gasteiger charge is -2.23. The Balaban J connectivity index is 0.000000222. The zero-order valence-corrected chi connectivity index (χ0v) is 15.3. The van der Waals surface area contributed by atoms with Gasteiger partial charge in [-0.05, 0) is 31.5 Å². The molecule has 3 rings (SSSR count). The Hall–Kier alpha value is -3.89. The SMILES string of the molecule is CC1(C(=O)O)C=CC=C(C(=O)O)C1.O=C(O)c1ccnn1-c1ccc(F)c(F)c1F. The Bertz CT molecular complexity index is 1080. The van der Waals surface area contributed by atoms with Crippen molar-refractivity contribution in [2.45, 2.75) is 13.3 Å². The van der Waals surface area contributed by atoms with Crippen LogP contribution >= 0.6 is 0 Å². The molecule has 1 aliphatic rings. The summed E-state index contributed by atoms with van der Waals surface area (Å²) in [5, 5.41) is 29.8. The molecule has 1 atom stereocenters. The number of aromatic nitrogens is 2. The largest absolute Gasteiger partial charge is 0.481 e. The molecular formula is C19H15F3N2O6. The number of aromatic carboxylic acids is 1. The van der Waals surface area contributed by atoms with Crippen molar-refractivity contribution in [2.24, 2.45) is 5.41 Å². The number of carboxylic acid groups (broad SMARTS) is 3. The van der Waals surface area contributed by atoms with Gasteiger partial charge in [-0.2, -0.15) is 5.10 Å². The van der Waals surface area contributed by atoms with Gasteiger partial charge in [0.1, 0.15) is 5.69 Å². The van der Waals surface area contributed by atoms with Crippen molar-refractivity contribution in [3.63, 3.8) is 0 Å². The maximum absolute atomic E-state index is 13.4. The third-order valence-corrected chi connectivity index (χ3v) is 4.19. The van der Waals surface area contributed by atoms with Gasteiger partial charge >= 0.3 is 17.9 Å². The molecule has 1 aromatic carbocycles. The van der Waals surface area contributed by atoms with Crippen LogP contribution < -0.4 is 0 Å². The second-order valence-corrected chi connectivity index (χ2v) is 6.38. The summed E-state index contributed by atoms with van der Waals surface area (Å²) < 4.78 is 39.8. The number of halogens is 3. The standard InChI is InChI=1S/C10H5F3N2O2.C9H10O4/c11-5-1-2-6(9(13)8(5)12)15-7(10(16)17)3-4-14-15;1-9(8(12)13)4-2-3-6(5-9)7(10)11/h1-4H,(H,16,17);2-4H,5H2,1H3,(H,10,11)(H,12,13). The molecule has 0 aliphatic heterocycles. The van der Waals surface area contributed by atoms with Crippen molar-refractivity contribution in [1.29, 1.82) is 0 Å². The quantitative estimate of drug-likeness (QED) is 0.643. The summed E-state index contributed by atoms with van der Waals surface area (Å²) in [7, 11) is 0. The molecule has 0 spiro atoms. The first kappa shape index (κ1) is 22.4. The zero-order chi connectivity index (χ0) is 22.6. The van der Waals surface area contributed by atoms with Gasteiger partial charge in [-0.15, -0.1) is 0 Å². The van der Waals surface area contributed by atoms with Crippen molar-refractivity contribution < 1.29 is 42.9 Å². The smallest absolute Gasteiger partial charge is 0.354 e. The lowest BCUT2D eigenvalue weighted by atomic mass is 9.80. The van der Waals surface area contributed by atoms with Crippen molar-refractivity contribution in [1.82, 2.24) is 9.78 Å². The highest BCUT2D eigenvalue weighted by molar-refractivity contribution is 5.90. The summed E-state index contributed by atoms with van der Waals surface area (Å²) >= 11 is 0. The summed E-state index contributed by atoms with van der Waals surface area (Å²) in [6.07, 6.45) is 5.55. The number of allylic oxidation sites excluding steroid dienone is 2. The van der Waals surface area contributed by atoms with Crippen LogP contribution in [0.4, 0.5) is 13.2 Å². The normalized spacial score (nSPS) is 17.5. The van der Waals surface area contributed by atoms with Gasteiger partial charge in [-0.25, -0.2) is 27.4 Å². The predicted octanol–water partition coefficient (Wildman–Crippen LogP) is 3.04. The Morgan fingerprint density at radius 3 is 2.27 bits per heavy atom. The molecule has 0 bridgehead atoms. The fourth-order valence-electron chi connectivity index (χ4n) is 2.52. The minimum Gasteiger partial charge on any atom is -0.481 e. The van der Waals surface area contributed by atoms with Crippen LogP contribution in [0.2, 0.25) is 0 Å². The molecule has 1 heterocycles. The van der Waals surface area contributed by atoms with Crippen LogP contribution in [-0.4, -0.2) is 43.0 Å². The summed E-state index contributed by atoms with van der Waals surface area (Å²) in [5.41, 5.74) is -1.77. The monoisotopic (exact) mass is 424 g/mol. The second kappa shape index (κ2) is 8.64. The average molecular weight is 424 g/mol. The Kier molecular flexibility index (Phi) is 6.45. The fraction of sp³-hybridized carbons (Fsp3) is 0.158. The van der Waals surface area contributed by atoms with E-state index in [4.69, 9.17) is 15.3 Å². The molecule has 11 heteroatoms. The highest BCUT2D eigenvalue weighted by Gasteiger charge is 2.34. The van der Waals surface area contributed by atoms with Gasteiger partial charge in [0.25, 0.3) is 0 Å². The van der Waals surface area contributed by atoms with Crippen LogP contribution in [0.1, 0.15) is 23.8 Å². The van der Waals surface area contributed by atoms with Gasteiger partial charge in [0.15, 0.2) is 23.1 Å². The summed E-state index contributed by atoms with van der Waals surface area (Å²) in [5.74, 6) is -7.93. The lowest BCUT2D eigenvalue weighted by molar-refractivity contribution is -0.145. The van der Waals surface area contributed by atoms with E-state index in [-0.39, 0.29) is 17.7 Å². The number of carboxylic acids is 3. The van der Waals surface area contributed by atoms with Crippen LogP contribution in [0, 0.1) is 22.9 Å². The van der Waals surface area contributed by atoms with E-state index in [1.54, 1.807) is 0 Å². The van der Waals surface area contributed by atoms with Crippen LogP contribution in [0.3, 0.4) is 0 Å². The van der Waals surface area contributed by atoms with E-state index >= 15 is 0 Å². The lowest BCUT2D eigenvalue weighted by Crippen LogP contribution is -2.28. The third-order valence-electron chi connectivity index (χ3n) is 4.19. The molecule has 0 radical (unpaired) electrons. The minimum absolute atomic E-state index is 0.0359. The number of hydrogen-bond donors (Lipinski definition) is 3. The number of aliphatic carboxylic acids is 2. The molecule has 0 saturated heterocycles. The van der Waals surface area contributed by atoms with E-state index in [2.05, 4.69) is 5.10 Å². The molecule has 1 aliphatic carbocycles. The van der Waals surface area contributed by atoms with Crippen LogP contribution in [0.5, 0.6) is 0 Å². The number of rotatable bonds is 4. The molecule has 1 aromatic heterocycles. The topological polar surface area (TPSA) is 130 Å². The van der Waals surface area contributed by atoms with Crippen LogP contribution in [-0.2, 0) is 9.59 Å². The Labute approximate surface area is 167 Å². The van der Waals surface area contributed by atoms with E-state index in [1.165, 1.54) is 25.2 Å². The summed E-state index contributed by atoms with van der Waals surface area (Å²) in [6, 6.07) is 2.72. The number of carbonyl (C=O) groups is 3. The zero-order valence-electron chi connectivity index (χ0n) is 15.3. The minimum atomic E-state index is -1.67. The third kappa shape index (κ3) is 4.57. The molecule has 0 fully saturated rings. The number of benzene rings is 1. The average Bonchev–Trinajstić information content (AvgIpc) is 3.16. The van der Waals surface area contributed by atoms with Gasteiger partial charge in [0.2, 0.25) is 0 Å². The molecular weight excluding hydrogens is 409 g/mol. The van der Waals surface area contributed by atoms with Crippen molar-refractivity contribution in [3.05, 3.63) is 71.3 Å². The van der Waals surface area contributed by atoms with Gasteiger partial charge in [-0.3, -0.25) is 4.79 Å². The van der Waals surface area contributed by atoms with Gasteiger partial charge in [0.05, 0.1) is 11.6 Å². The number of hydrogen-bond acceptors (Lipinski definition) is 4.